The maximum Gasteiger partial charge on any atom is 0.0610 e. The van der Waals surface area contributed by atoms with Crippen molar-refractivity contribution in [1.82, 2.24) is 0 Å². The molecule has 1 nitrogen and oxygen atoms in total. The first-order valence-corrected chi connectivity index (χ1v) is 7.00. The Balaban J connectivity index is 2.47. The highest BCUT2D eigenvalue weighted by Crippen LogP contribution is 2.27. The average Bonchev–Trinajstić information content (AvgIpc) is 2.69. The molecule has 0 saturated heterocycles. The fraction of sp³-hybridized carbons (Fsp3) is 0.471. The smallest absolute Gasteiger partial charge is 0.0610 e. The summed E-state index contributed by atoms with van der Waals surface area (Å²) in [5.74, 6) is 0. The summed E-state index contributed by atoms with van der Waals surface area (Å²) in [6, 6.07) is 7.04. The highest BCUT2D eigenvalue weighted by Gasteiger charge is 2.15. The number of allylic oxidation sites excluding steroid dienone is 1. The zero-order valence-electron chi connectivity index (χ0n) is 12.0. The first kappa shape index (κ1) is 13.1. The van der Waals surface area contributed by atoms with Crippen LogP contribution in [-0.4, -0.2) is 12.3 Å². The molecule has 0 N–H and O–H groups in total. The molecule has 0 saturated carbocycles. The fourth-order valence-corrected chi connectivity index (χ4v) is 2.70. The normalized spacial score (nSPS) is 15.2. The third-order valence-corrected chi connectivity index (χ3v) is 3.63. The van der Waals surface area contributed by atoms with Gasteiger partial charge in [0.25, 0.3) is 0 Å². The third-order valence-electron chi connectivity index (χ3n) is 3.63. The highest BCUT2D eigenvalue weighted by atomic mass is 14.8. The van der Waals surface area contributed by atoms with Crippen LogP contribution in [0.25, 0.3) is 5.57 Å². The molecule has 1 aromatic carbocycles. The molecule has 0 radical (unpaired) electrons. The van der Waals surface area contributed by atoms with Gasteiger partial charge in [0.2, 0.25) is 0 Å². The molecular weight excluding hydrogens is 218 g/mol. The molecule has 1 heteroatoms. The van der Waals surface area contributed by atoms with Gasteiger partial charge in [0, 0.05) is 11.3 Å². The third kappa shape index (κ3) is 2.55. The van der Waals surface area contributed by atoms with Crippen molar-refractivity contribution in [1.29, 1.82) is 0 Å². The second kappa shape index (κ2) is 5.51. The van der Waals surface area contributed by atoms with Crippen molar-refractivity contribution in [2.24, 2.45) is 4.99 Å². The van der Waals surface area contributed by atoms with Crippen molar-refractivity contribution in [2.45, 2.75) is 47.0 Å². The van der Waals surface area contributed by atoms with Crippen LogP contribution in [0.15, 0.2) is 28.8 Å². The number of nitrogens with zero attached hydrogens (tertiary/aromatic N) is 1. The van der Waals surface area contributed by atoms with Crippen LogP contribution in [0.5, 0.6) is 0 Å². The lowest BCUT2D eigenvalue weighted by Crippen LogP contribution is -1.98. The largest absolute Gasteiger partial charge is 0.285 e. The SMILES string of the molecule is CCCc1cc(CC)cc(C2=C(C)CN=C2C)c1. The molecule has 1 aliphatic rings. The van der Waals surface area contributed by atoms with E-state index in [2.05, 4.69) is 50.9 Å². The van der Waals surface area contributed by atoms with Crippen LogP contribution in [0, 0.1) is 0 Å². The Hall–Kier alpha value is -1.37. The molecule has 96 valence electrons. The van der Waals surface area contributed by atoms with Gasteiger partial charge in [-0.2, -0.15) is 0 Å². The molecule has 1 heterocycles. The molecule has 0 fully saturated rings. The van der Waals surface area contributed by atoms with E-state index in [1.165, 1.54) is 46.4 Å². The van der Waals surface area contributed by atoms with Crippen molar-refractivity contribution in [3.8, 4) is 0 Å². The van der Waals surface area contributed by atoms with Gasteiger partial charge >= 0.3 is 0 Å². The first-order chi connectivity index (χ1) is 8.65. The second-order valence-corrected chi connectivity index (χ2v) is 5.20. The zero-order valence-corrected chi connectivity index (χ0v) is 12.0. The van der Waals surface area contributed by atoms with Gasteiger partial charge in [0.1, 0.15) is 0 Å². The van der Waals surface area contributed by atoms with E-state index in [0.29, 0.717) is 0 Å². The summed E-state index contributed by atoms with van der Waals surface area (Å²) in [6.07, 6.45) is 3.48. The van der Waals surface area contributed by atoms with Gasteiger partial charge in [-0.3, -0.25) is 4.99 Å². The standard InChI is InChI=1S/C17H23N/c1-5-7-15-8-14(6-2)9-16(10-15)17-12(3)11-18-13(17)4/h8-10H,5-7,11H2,1-4H3. The van der Waals surface area contributed by atoms with Crippen molar-refractivity contribution < 1.29 is 0 Å². The van der Waals surface area contributed by atoms with E-state index < -0.39 is 0 Å². The topological polar surface area (TPSA) is 12.4 Å². The van der Waals surface area contributed by atoms with Gasteiger partial charge in [0.05, 0.1) is 6.54 Å². The monoisotopic (exact) mass is 241 g/mol. The minimum Gasteiger partial charge on any atom is -0.285 e. The molecule has 0 unspecified atom stereocenters. The minimum atomic E-state index is 0.876. The van der Waals surface area contributed by atoms with Crippen LogP contribution < -0.4 is 0 Å². The van der Waals surface area contributed by atoms with Crippen LogP contribution in [0.4, 0.5) is 0 Å². The summed E-state index contributed by atoms with van der Waals surface area (Å²) in [5, 5.41) is 0. The van der Waals surface area contributed by atoms with E-state index in [-0.39, 0.29) is 0 Å². The lowest BCUT2D eigenvalue weighted by atomic mass is 9.93. The number of hydrogen-bond acceptors (Lipinski definition) is 1. The van der Waals surface area contributed by atoms with E-state index in [0.717, 1.165) is 13.0 Å². The van der Waals surface area contributed by atoms with Crippen molar-refractivity contribution in [2.75, 3.05) is 6.54 Å². The van der Waals surface area contributed by atoms with E-state index in [4.69, 9.17) is 0 Å². The van der Waals surface area contributed by atoms with E-state index in [1.54, 1.807) is 0 Å². The Bertz CT molecular complexity index is 506. The Morgan fingerprint density at radius 1 is 1.06 bits per heavy atom. The molecule has 0 aliphatic carbocycles. The van der Waals surface area contributed by atoms with Gasteiger partial charge in [-0.15, -0.1) is 0 Å². The van der Waals surface area contributed by atoms with Gasteiger partial charge in [0.15, 0.2) is 0 Å². The molecular formula is C17H23N. The maximum atomic E-state index is 4.55. The Morgan fingerprint density at radius 3 is 2.33 bits per heavy atom. The molecule has 0 aromatic heterocycles. The van der Waals surface area contributed by atoms with E-state index >= 15 is 0 Å². The predicted octanol–water partition coefficient (Wildman–Crippen LogP) is 4.45. The summed E-state index contributed by atoms with van der Waals surface area (Å²) < 4.78 is 0. The quantitative estimate of drug-likeness (QED) is 0.738. The van der Waals surface area contributed by atoms with Gasteiger partial charge < -0.3 is 0 Å². The molecule has 0 amide bonds. The number of aryl methyl sites for hydroxylation is 2. The minimum absolute atomic E-state index is 0.876. The molecule has 1 aromatic rings. The van der Waals surface area contributed by atoms with Gasteiger partial charge in [-0.25, -0.2) is 0 Å². The number of benzene rings is 1. The van der Waals surface area contributed by atoms with Crippen molar-refractivity contribution in [3.05, 3.63) is 40.5 Å². The number of rotatable bonds is 4. The van der Waals surface area contributed by atoms with E-state index in [1.807, 2.05) is 0 Å². The molecule has 18 heavy (non-hydrogen) atoms. The average molecular weight is 241 g/mol. The summed E-state index contributed by atoms with van der Waals surface area (Å²) in [4.78, 5) is 4.55. The van der Waals surface area contributed by atoms with E-state index in [9.17, 15) is 0 Å². The molecule has 1 aliphatic heterocycles. The van der Waals surface area contributed by atoms with Crippen LogP contribution in [0.1, 0.15) is 50.8 Å². The van der Waals surface area contributed by atoms with Gasteiger partial charge in [-0.05, 0) is 49.0 Å². The highest BCUT2D eigenvalue weighted by molar-refractivity contribution is 6.25. The van der Waals surface area contributed by atoms with Gasteiger partial charge in [-0.1, -0.05) is 38.5 Å². The lowest BCUT2D eigenvalue weighted by Gasteiger charge is -2.11. The Labute approximate surface area is 111 Å². The van der Waals surface area contributed by atoms with Crippen LogP contribution in [-0.2, 0) is 12.8 Å². The Morgan fingerprint density at radius 2 is 1.78 bits per heavy atom. The maximum absolute atomic E-state index is 4.55. The zero-order chi connectivity index (χ0) is 13.1. The predicted molar refractivity (Wildman–Crippen MR) is 80.4 cm³/mol. The Kier molecular flexibility index (Phi) is 4.00. The van der Waals surface area contributed by atoms with Crippen LogP contribution in [0.2, 0.25) is 0 Å². The lowest BCUT2D eigenvalue weighted by molar-refractivity contribution is 0.916. The van der Waals surface area contributed by atoms with Crippen LogP contribution in [0.3, 0.4) is 0 Å². The molecule has 0 bridgehead atoms. The van der Waals surface area contributed by atoms with Crippen molar-refractivity contribution >= 4 is 11.3 Å². The summed E-state index contributed by atoms with van der Waals surface area (Å²) in [7, 11) is 0. The summed E-state index contributed by atoms with van der Waals surface area (Å²) in [5.41, 5.74) is 8.26. The fourth-order valence-electron chi connectivity index (χ4n) is 2.70. The molecule has 0 atom stereocenters. The molecule has 2 rings (SSSR count). The number of hydrogen-bond donors (Lipinski definition) is 0. The molecule has 0 spiro atoms. The summed E-state index contributed by atoms with van der Waals surface area (Å²) in [6.45, 7) is 9.68. The first-order valence-electron chi connectivity index (χ1n) is 7.00. The number of aliphatic imine (C=N–C) groups is 1. The van der Waals surface area contributed by atoms with Crippen molar-refractivity contribution in [3.63, 3.8) is 0 Å². The summed E-state index contributed by atoms with van der Waals surface area (Å²) >= 11 is 0. The second-order valence-electron chi connectivity index (χ2n) is 5.20. The van der Waals surface area contributed by atoms with Crippen LogP contribution >= 0.6 is 0 Å².